The van der Waals surface area contributed by atoms with Gasteiger partial charge in [0.25, 0.3) is 0 Å². The second-order valence-corrected chi connectivity index (χ2v) is 13.6. The minimum Gasteiger partial charge on any atom is -0.493 e. The smallest absolute Gasteiger partial charge is 0.420 e. The monoisotopic (exact) mass is 838 g/mol. The van der Waals surface area contributed by atoms with Gasteiger partial charge in [-0.3, -0.25) is 9.97 Å². The Balaban J connectivity index is 1.33. The summed E-state index contributed by atoms with van der Waals surface area (Å²) in [4.78, 5) is 66.8. The largest absolute Gasteiger partial charge is 0.493 e. The van der Waals surface area contributed by atoms with Gasteiger partial charge in [0.1, 0.15) is 0 Å². The first-order chi connectivity index (χ1) is 29.5. The highest BCUT2D eigenvalue weighted by molar-refractivity contribution is 5.95. The van der Waals surface area contributed by atoms with Crippen molar-refractivity contribution in [2.45, 2.75) is 31.3 Å². The van der Waals surface area contributed by atoms with Crippen molar-refractivity contribution < 1.29 is 66.5 Å². The van der Waals surface area contributed by atoms with Gasteiger partial charge in [0.05, 0.1) is 65.4 Å². The lowest BCUT2D eigenvalue weighted by atomic mass is 10.1. The molecule has 2 spiro atoms. The van der Waals surface area contributed by atoms with Crippen LogP contribution in [0.5, 0.6) is 34.5 Å². The van der Waals surface area contributed by atoms with E-state index >= 15 is 0 Å². The van der Waals surface area contributed by atoms with Gasteiger partial charge >= 0.3 is 35.7 Å². The van der Waals surface area contributed by atoms with Crippen LogP contribution in [0.3, 0.4) is 0 Å². The van der Waals surface area contributed by atoms with E-state index in [4.69, 9.17) is 57.3 Å². The molecule has 18 nitrogen and oxygen atoms in total. The van der Waals surface area contributed by atoms with Crippen LogP contribution < -0.4 is 28.4 Å². The van der Waals surface area contributed by atoms with Gasteiger partial charge in [0.2, 0.25) is 11.5 Å². The Labute approximate surface area is 350 Å². The molecule has 0 atom stereocenters. The zero-order valence-electron chi connectivity index (χ0n) is 34.1. The molecule has 18 heteroatoms. The minimum atomic E-state index is -2.75. The van der Waals surface area contributed by atoms with E-state index in [0.717, 1.165) is 24.3 Å². The van der Waals surface area contributed by atoms with Crippen LogP contribution >= 0.6 is 0 Å². The van der Waals surface area contributed by atoms with Gasteiger partial charge in [-0.1, -0.05) is 12.1 Å². The number of aromatic nitrogens is 2. The molecular formula is C43H42N4O14. The van der Waals surface area contributed by atoms with Crippen LogP contribution in [0.15, 0.2) is 85.0 Å². The number of esters is 4. The molecule has 7 rings (SSSR count). The maximum absolute atomic E-state index is 13.5. The Morgan fingerprint density at radius 1 is 0.508 bits per heavy atom. The molecule has 2 aromatic heterocycles. The molecule has 0 unspecified atom stereocenters. The molecule has 318 valence electrons. The van der Waals surface area contributed by atoms with E-state index in [2.05, 4.69) is 0 Å². The van der Waals surface area contributed by atoms with Crippen LogP contribution in [-0.4, -0.2) is 111 Å². The number of rotatable bonds is 12. The molecule has 61 heavy (non-hydrogen) atoms. The lowest BCUT2D eigenvalue weighted by Gasteiger charge is -2.50. The van der Waals surface area contributed by atoms with E-state index in [-0.39, 0.29) is 32.6 Å². The van der Waals surface area contributed by atoms with E-state index in [9.17, 15) is 19.2 Å². The number of nitrogens with zero attached hydrogens (tertiary/aromatic N) is 4. The third-order valence-electron chi connectivity index (χ3n) is 9.99. The van der Waals surface area contributed by atoms with Crippen molar-refractivity contribution in [1.29, 1.82) is 0 Å². The first-order valence-corrected chi connectivity index (χ1v) is 18.8. The highest BCUT2D eigenvalue weighted by atomic mass is 16.8. The maximum atomic E-state index is 13.5. The van der Waals surface area contributed by atoms with E-state index in [0.29, 0.717) is 68.4 Å². The Kier molecular flexibility index (Phi) is 12.1. The molecule has 2 aromatic carbocycles. The van der Waals surface area contributed by atoms with Crippen molar-refractivity contribution >= 4 is 23.9 Å². The highest BCUT2D eigenvalue weighted by Gasteiger charge is 2.73. The van der Waals surface area contributed by atoms with Crippen LogP contribution in [0, 0.1) is 0 Å². The number of carbonyl (C=O) groups is 4. The standard InChI is InChI=1S/C43H42N4O14/c1-52-32-20-26(21-33(53-2)40(32)56-5)30-12-7-10-28(44-30)24-46-18-9-19-47(25-29-11-8-13-31(45-29)27-22-34(54-3)41(57-6)35(23-27)55-4)43(60-38(50)16-17-39(51)61-43)42(46)58-36(48)14-15-37(49)59-42/h7-8,10-17,20-23H,9,18-19,24-25H2,1-6H3. The van der Waals surface area contributed by atoms with Gasteiger partial charge in [0, 0.05) is 61.6 Å². The highest BCUT2D eigenvalue weighted by Crippen LogP contribution is 2.46. The predicted molar refractivity (Wildman–Crippen MR) is 212 cm³/mol. The molecule has 0 N–H and O–H groups in total. The molecule has 1 fully saturated rings. The number of benzene rings is 2. The molecule has 0 saturated carbocycles. The quantitative estimate of drug-likeness (QED) is 0.184. The Morgan fingerprint density at radius 3 is 1.13 bits per heavy atom. The third kappa shape index (κ3) is 8.09. The van der Waals surface area contributed by atoms with E-state index in [1.165, 1.54) is 52.5 Å². The third-order valence-corrected chi connectivity index (χ3v) is 9.99. The Hall–Kier alpha value is -7.18. The summed E-state index contributed by atoms with van der Waals surface area (Å²) >= 11 is 0. The summed E-state index contributed by atoms with van der Waals surface area (Å²) in [5.41, 5.74) is 2.98. The lowest BCUT2D eigenvalue weighted by molar-refractivity contribution is -0.446. The van der Waals surface area contributed by atoms with Crippen molar-refractivity contribution in [1.82, 2.24) is 19.8 Å². The molecule has 0 bridgehead atoms. The molecule has 3 aliphatic rings. The number of ether oxygens (including phenoxy) is 10. The van der Waals surface area contributed by atoms with Crippen LogP contribution in [0.4, 0.5) is 0 Å². The molecule has 0 radical (unpaired) electrons. The fourth-order valence-electron chi connectivity index (χ4n) is 7.33. The zero-order chi connectivity index (χ0) is 43.3. The predicted octanol–water partition coefficient (Wildman–Crippen LogP) is 4.19. The SMILES string of the molecule is COc1cc(-c2cccc(CN3CCCN(Cc4cccc(-c5cc(OC)c(OC)c(OC)c5)n4)C4(OC(=O)C=CC(=O)O4)C34OC(=O)C=CC(=O)O4)n2)cc(OC)c1OC. The summed E-state index contributed by atoms with van der Waals surface area (Å²) in [5, 5.41) is 0. The first-order valence-electron chi connectivity index (χ1n) is 18.8. The lowest BCUT2D eigenvalue weighted by Crippen LogP contribution is -2.75. The van der Waals surface area contributed by atoms with Gasteiger partial charge in [-0.25, -0.2) is 29.0 Å². The number of fused-ring (bicyclic) bond motifs is 1. The average molecular weight is 839 g/mol. The molecular weight excluding hydrogens is 796 g/mol. The summed E-state index contributed by atoms with van der Waals surface area (Å²) in [6.07, 6.45) is 3.73. The first kappa shape index (κ1) is 42.0. The number of carbonyl (C=O) groups excluding carboxylic acids is 4. The van der Waals surface area contributed by atoms with Crippen molar-refractivity contribution in [3.8, 4) is 57.0 Å². The van der Waals surface area contributed by atoms with Gasteiger partial charge in [-0.2, -0.15) is 0 Å². The van der Waals surface area contributed by atoms with Gasteiger partial charge in [-0.05, 0) is 55.0 Å². The molecule has 0 aliphatic carbocycles. The average Bonchev–Trinajstić information content (AvgIpc) is 3.58. The second-order valence-electron chi connectivity index (χ2n) is 13.6. The van der Waals surface area contributed by atoms with E-state index < -0.39 is 35.7 Å². The van der Waals surface area contributed by atoms with Crippen LogP contribution in [0.25, 0.3) is 22.5 Å². The molecule has 3 aliphatic heterocycles. The van der Waals surface area contributed by atoms with Gasteiger partial charge in [0.15, 0.2) is 23.0 Å². The van der Waals surface area contributed by atoms with Crippen molar-refractivity contribution in [2.75, 3.05) is 55.7 Å². The number of hydrogen-bond donors (Lipinski definition) is 0. The maximum Gasteiger partial charge on any atom is 0.420 e. The molecule has 0 amide bonds. The number of methoxy groups -OCH3 is 6. The fraction of sp³-hybridized carbons (Fsp3) is 0.302. The second kappa shape index (κ2) is 17.6. The molecule has 1 saturated heterocycles. The number of hydrogen-bond acceptors (Lipinski definition) is 18. The molecule has 5 heterocycles. The van der Waals surface area contributed by atoms with Crippen LogP contribution in [-0.2, 0) is 51.2 Å². The summed E-state index contributed by atoms with van der Waals surface area (Å²) in [6, 6.07) is 17.4. The van der Waals surface area contributed by atoms with Crippen LogP contribution in [0.1, 0.15) is 17.8 Å². The van der Waals surface area contributed by atoms with E-state index in [1.54, 1.807) is 60.7 Å². The van der Waals surface area contributed by atoms with Gasteiger partial charge in [-0.15, -0.1) is 0 Å². The van der Waals surface area contributed by atoms with Crippen molar-refractivity contribution in [2.24, 2.45) is 0 Å². The van der Waals surface area contributed by atoms with E-state index in [1.807, 2.05) is 0 Å². The Bertz CT molecular complexity index is 2160. The summed E-state index contributed by atoms with van der Waals surface area (Å²) in [5.74, 6) is -7.34. The summed E-state index contributed by atoms with van der Waals surface area (Å²) in [6.45, 7) is -0.301. The normalized spacial score (nSPS) is 17.3. The van der Waals surface area contributed by atoms with Crippen LogP contribution in [0.2, 0.25) is 0 Å². The summed E-state index contributed by atoms with van der Waals surface area (Å²) in [7, 11) is 8.99. The van der Waals surface area contributed by atoms with Crippen molar-refractivity contribution in [3.05, 3.63) is 96.4 Å². The Morgan fingerprint density at radius 2 is 0.836 bits per heavy atom. The topological polar surface area (TPSA) is 193 Å². The zero-order valence-corrected chi connectivity index (χ0v) is 34.1. The van der Waals surface area contributed by atoms with Crippen molar-refractivity contribution in [3.63, 3.8) is 0 Å². The van der Waals surface area contributed by atoms with Gasteiger partial charge < -0.3 is 47.4 Å². The fourth-order valence-corrected chi connectivity index (χ4v) is 7.33. The minimum absolute atomic E-state index is 0.0380. The summed E-state index contributed by atoms with van der Waals surface area (Å²) < 4.78 is 57.4. The molecule has 4 aromatic rings. The number of pyridine rings is 2.